The van der Waals surface area contributed by atoms with Crippen molar-refractivity contribution in [2.75, 3.05) is 11.9 Å². The van der Waals surface area contributed by atoms with Crippen LogP contribution in [0.25, 0.3) is 0 Å². The molecule has 0 radical (unpaired) electrons. The molecule has 1 saturated heterocycles. The van der Waals surface area contributed by atoms with Gasteiger partial charge in [-0.15, -0.1) is 0 Å². The van der Waals surface area contributed by atoms with Crippen LogP contribution in [-0.2, 0) is 14.4 Å². The van der Waals surface area contributed by atoms with E-state index in [1.54, 1.807) is 0 Å². The van der Waals surface area contributed by atoms with Crippen LogP contribution in [0.1, 0.15) is 18.4 Å². The summed E-state index contributed by atoms with van der Waals surface area (Å²) < 4.78 is 0. The molecule has 1 aliphatic heterocycles. The Morgan fingerprint density at radius 3 is 2.25 bits per heavy atom. The molecule has 1 N–H and O–H groups in total. The Hall–Kier alpha value is -2.43. The van der Waals surface area contributed by atoms with Gasteiger partial charge in [0.15, 0.2) is 0 Å². The number of allylic oxidation sites excluding steroid dienone is 2. The average molecular weight is 324 g/mol. The minimum absolute atomic E-state index is 0.0926. The highest BCUT2D eigenvalue weighted by atomic mass is 16.2. The van der Waals surface area contributed by atoms with Gasteiger partial charge in [-0.2, -0.15) is 0 Å². The molecule has 1 aromatic rings. The minimum Gasteiger partial charge on any atom is -0.326 e. The van der Waals surface area contributed by atoms with Gasteiger partial charge in [0.25, 0.3) is 0 Å². The number of hydrogen-bond donors (Lipinski definition) is 1. The Labute approximate surface area is 140 Å². The summed E-state index contributed by atoms with van der Waals surface area (Å²) in [4.78, 5) is 38.5. The molecule has 0 unspecified atom stereocenters. The first-order chi connectivity index (χ1) is 11.5. The standard InChI is InChI=1S/C19H20N2O3/c1-11-2-6-14(7-3-11)20-15(22)8-9-21-18(23)16-12-4-5-13(10-12)17(16)19(21)24/h2-7,12-13,16-17H,8-10H2,1H3,(H,20,22)/t12-,13+,16-,17-/m0/s1. The largest absolute Gasteiger partial charge is 0.326 e. The van der Waals surface area contributed by atoms with Gasteiger partial charge in [-0.05, 0) is 37.3 Å². The molecule has 1 heterocycles. The number of aryl methyl sites for hydroxylation is 1. The zero-order valence-electron chi connectivity index (χ0n) is 13.6. The number of amides is 3. The Balaban J connectivity index is 1.36. The molecular formula is C19H20N2O3. The lowest BCUT2D eigenvalue weighted by Crippen LogP contribution is -2.35. The second-order valence-corrected chi connectivity index (χ2v) is 6.99. The number of nitrogens with one attached hydrogen (secondary N) is 1. The van der Waals surface area contributed by atoms with Crippen molar-refractivity contribution >= 4 is 23.4 Å². The molecule has 124 valence electrons. The molecule has 2 bridgehead atoms. The highest BCUT2D eigenvalue weighted by Gasteiger charge is 2.58. The van der Waals surface area contributed by atoms with E-state index >= 15 is 0 Å². The predicted molar refractivity (Wildman–Crippen MR) is 88.9 cm³/mol. The van der Waals surface area contributed by atoms with Gasteiger partial charge in [-0.1, -0.05) is 29.8 Å². The van der Waals surface area contributed by atoms with Crippen LogP contribution in [0.15, 0.2) is 36.4 Å². The summed E-state index contributed by atoms with van der Waals surface area (Å²) >= 11 is 0. The number of imide groups is 1. The third-order valence-corrected chi connectivity index (χ3v) is 5.46. The van der Waals surface area contributed by atoms with Gasteiger partial charge in [0, 0.05) is 18.7 Å². The summed E-state index contributed by atoms with van der Waals surface area (Å²) in [5.74, 6) is -0.321. The van der Waals surface area contributed by atoms with Crippen LogP contribution >= 0.6 is 0 Å². The first-order valence-electron chi connectivity index (χ1n) is 8.44. The van der Waals surface area contributed by atoms with E-state index in [9.17, 15) is 14.4 Å². The molecule has 24 heavy (non-hydrogen) atoms. The van der Waals surface area contributed by atoms with E-state index in [4.69, 9.17) is 0 Å². The molecule has 5 heteroatoms. The Morgan fingerprint density at radius 1 is 1.08 bits per heavy atom. The van der Waals surface area contributed by atoms with Crippen molar-refractivity contribution in [3.8, 4) is 0 Å². The van der Waals surface area contributed by atoms with E-state index < -0.39 is 0 Å². The van der Waals surface area contributed by atoms with Crippen LogP contribution in [0, 0.1) is 30.6 Å². The molecule has 2 aliphatic carbocycles. The first kappa shape index (κ1) is 15.1. The van der Waals surface area contributed by atoms with Crippen LogP contribution in [-0.4, -0.2) is 29.2 Å². The third-order valence-electron chi connectivity index (χ3n) is 5.46. The van der Waals surface area contributed by atoms with Crippen LogP contribution in [0.3, 0.4) is 0 Å². The molecule has 1 aromatic carbocycles. The number of likely N-dealkylation sites (tertiary alicyclic amines) is 1. The van der Waals surface area contributed by atoms with E-state index in [0.29, 0.717) is 0 Å². The van der Waals surface area contributed by atoms with Gasteiger partial charge in [0.05, 0.1) is 11.8 Å². The number of benzene rings is 1. The van der Waals surface area contributed by atoms with Gasteiger partial charge in [-0.25, -0.2) is 0 Å². The third kappa shape index (κ3) is 2.35. The highest BCUT2D eigenvalue weighted by molar-refractivity contribution is 6.06. The minimum atomic E-state index is -0.187. The molecular weight excluding hydrogens is 304 g/mol. The quantitative estimate of drug-likeness (QED) is 0.681. The second kappa shape index (κ2) is 5.58. The van der Waals surface area contributed by atoms with Crippen LogP contribution in [0.4, 0.5) is 5.69 Å². The normalized spacial score (nSPS) is 30.1. The molecule has 1 saturated carbocycles. The van der Waals surface area contributed by atoms with Crippen molar-refractivity contribution in [3.63, 3.8) is 0 Å². The number of hydrogen-bond acceptors (Lipinski definition) is 3. The summed E-state index contributed by atoms with van der Waals surface area (Å²) in [7, 11) is 0. The van der Waals surface area contributed by atoms with Gasteiger partial charge in [0.1, 0.15) is 0 Å². The van der Waals surface area contributed by atoms with E-state index in [2.05, 4.69) is 17.5 Å². The Morgan fingerprint density at radius 2 is 1.67 bits per heavy atom. The summed E-state index contributed by atoms with van der Waals surface area (Å²) in [5, 5.41) is 2.80. The van der Waals surface area contributed by atoms with E-state index in [1.165, 1.54) is 4.90 Å². The lowest BCUT2D eigenvalue weighted by atomic mass is 9.85. The molecule has 0 spiro atoms. The zero-order valence-corrected chi connectivity index (χ0v) is 13.6. The lowest BCUT2D eigenvalue weighted by molar-refractivity contribution is -0.140. The Kier molecular flexibility index (Phi) is 3.52. The molecule has 4 atom stereocenters. The van der Waals surface area contributed by atoms with Crippen LogP contribution in [0.2, 0.25) is 0 Å². The molecule has 4 rings (SSSR count). The number of rotatable bonds is 4. The topological polar surface area (TPSA) is 66.5 Å². The zero-order chi connectivity index (χ0) is 16.8. The summed E-state index contributed by atoms with van der Waals surface area (Å²) in [5.41, 5.74) is 1.85. The van der Waals surface area contributed by atoms with E-state index in [1.807, 2.05) is 31.2 Å². The van der Waals surface area contributed by atoms with Crippen molar-refractivity contribution in [2.24, 2.45) is 23.7 Å². The van der Waals surface area contributed by atoms with Crippen molar-refractivity contribution < 1.29 is 14.4 Å². The monoisotopic (exact) mass is 324 g/mol. The van der Waals surface area contributed by atoms with E-state index in [0.717, 1.165) is 17.7 Å². The highest BCUT2D eigenvalue weighted by Crippen LogP contribution is 2.52. The predicted octanol–water partition coefficient (Wildman–Crippen LogP) is 2.13. The molecule has 3 amide bonds. The van der Waals surface area contributed by atoms with Gasteiger partial charge in [-0.3, -0.25) is 19.3 Å². The average Bonchev–Trinajstić information content (AvgIpc) is 3.23. The second-order valence-electron chi connectivity index (χ2n) is 6.99. The summed E-state index contributed by atoms with van der Waals surface area (Å²) in [6.45, 7) is 2.15. The fraction of sp³-hybridized carbons (Fsp3) is 0.421. The maximum absolute atomic E-state index is 12.5. The fourth-order valence-electron chi connectivity index (χ4n) is 4.26. The van der Waals surface area contributed by atoms with Crippen molar-refractivity contribution in [2.45, 2.75) is 19.8 Å². The molecule has 5 nitrogen and oxygen atoms in total. The lowest BCUT2D eigenvalue weighted by Gasteiger charge is -2.16. The molecule has 2 fully saturated rings. The maximum atomic E-state index is 12.5. The SMILES string of the molecule is Cc1ccc(NC(=O)CCN2C(=O)[C@@H]3[C@@H](C2=O)[C@H]2C=C[C@@H]3C2)cc1. The number of carbonyl (C=O) groups excluding carboxylic acids is 3. The summed E-state index contributed by atoms with van der Waals surface area (Å²) in [6.07, 6.45) is 5.21. The van der Waals surface area contributed by atoms with Crippen molar-refractivity contribution in [3.05, 3.63) is 42.0 Å². The maximum Gasteiger partial charge on any atom is 0.233 e. The number of anilines is 1. The van der Waals surface area contributed by atoms with Crippen molar-refractivity contribution in [1.29, 1.82) is 0 Å². The first-order valence-corrected chi connectivity index (χ1v) is 8.44. The smallest absolute Gasteiger partial charge is 0.233 e. The molecule has 0 aromatic heterocycles. The van der Waals surface area contributed by atoms with Crippen LogP contribution < -0.4 is 5.32 Å². The number of carbonyl (C=O) groups is 3. The van der Waals surface area contributed by atoms with Gasteiger partial charge >= 0.3 is 0 Å². The van der Waals surface area contributed by atoms with Crippen LogP contribution in [0.5, 0.6) is 0 Å². The molecule has 3 aliphatic rings. The van der Waals surface area contributed by atoms with Gasteiger partial charge < -0.3 is 5.32 Å². The van der Waals surface area contributed by atoms with E-state index in [-0.39, 0.29) is 54.4 Å². The van der Waals surface area contributed by atoms with Gasteiger partial charge in [0.2, 0.25) is 17.7 Å². The Bertz CT molecular complexity index is 707. The number of fused-ring (bicyclic) bond motifs is 5. The summed E-state index contributed by atoms with van der Waals surface area (Å²) in [6, 6.07) is 7.53. The number of nitrogens with zero attached hydrogens (tertiary/aromatic N) is 1. The van der Waals surface area contributed by atoms with Crippen molar-refractivity contribution in [1.82, 2.24) is 4.90 Å². The fourth-order valence-corrected chi connectivity index (χ4v) is 4.26.